The molecule has 88 valence electrons. The second-order valence-corrected chi connectivity index (χ2v) is 4.28. The van der Waals surface area contributed by atoms with Crippen LogP contribution in [0.4, 0.5) is 5.69 Å². The summed E-state index contributed by atoms with van der Waals surface area (Å²) in [4.78, 5) is 11.7. The number of hydrogen-bond acceptors (Lipinski definition) is 3. The molecule has 0 aromatic heterocycles. The lowest BCUT2D eigenvalue weighted by molar-refractivity contribution is 0.0378. The molecule has 2 aromatic rings. The van der Waals surface area contributed by atoms with Crippen LogP contribution in [0.5, 0.6) is 0 Å². The van der Waals surface area contributed by atoms with Crippen LogP contribution in [0.1, 0.15) is 24.2 Å². The number of carbonyl (C=O) groups is 1. The van der Waals surface area contributed by atoms with Crippen molar-refractivity contribution in [1.82, 2.24) is 0 Å². The highest BCUT2D eigenvalue weighted by Crippen LogP contribution is 2.19. The maximum atomic E-state index is 11.7. The summed E-state index contributed by atoms with van der Waals surface area (Å²) in [6, 6.07) is 11.1. The second kappa shape index (κ2) is 4.45. The number of fused-ring (bicyclic) bond motifs is 1. The van der Waals surface area contributed by atoms with Crippen LogP contribution in [-0.2, 0) is 4.74 Å². The Labute approximate surface area is 100 Å². The van der Waals surface area contributed by atoms with E-state index >= 15 is 0 Å². The molecule has 0 atom stereocenters. The Morgan fingerprint density at radius 3 is 2.47 bits per heavy atom. The summed E-state index contributed by atoms with van der Waals surface area (Å²) >= 11 is 0. The first-order valence-electron chi connectivity index (χ1n) is 5.56. The molecule has 0 amide bonds. The summed E-state index contributed by atoms with van der Waals surface area (Å²) in [5.74, 6) is -0.293. The summed E-state index contributed by atoms with van der Waals surface area (Å²) in [6.07, 6.45) is -0.107. The summed E-state index contributed by atoms with van der Waals surface area (Å²) in [5.41, 5.74) is 6.98. The van der Waals surface area contributed by atoms with E-state index in [4.69, 9.17) is 10.5 Å². The third-order valence-corrected chi connectivity index (χ3v) is 2.44. The molecule has 0 radical (unpaired) electrons. The van der Waals surface area contributed by atoms with E-state index in [0.717, 1.165) is 16.5 Å². The van der Waals surface area contributed by atoms with Gasteiger partial charge in [-0.1, -0.05) is 12.1 Å². The van der Waals surface area contributed by atoms with Crippen molar-refractivity contribution < 1.29 is 9.53 Å². The fourth-order valence-electron chi connectivity index (χ4n) is 1.67. The van der Waals surface area contributed by atoms with E-state index in [0.29, 0.717) is 5.56 Å². The number of nitrogens with two attached hydrogens (primary N) is 1. The van der Waals surface area contributed by atoms with Crippen LogP contribution in [0.2, 0.25) is 0 Å². The molecule has 0 bridgehead atoms. The highest BCUT2D eigenvalue weighted by molar-refractivity contribution is 5.96. The SMILES string of the molecule is CC(C)OC(=O)c1ccc2cc(N)ccc2c1. The monoisotopic (exact) mass is 229 g/mol. The number of ether oxygens (including phenoxy) is 1. The van der Waals surface area contributed by atoms with E-state index in [-0.39, 0.29) is 12.1 Å². The minimum absolute atomic E-state index is 0.107. The summed E-state index contributed by atoms with van der Waals surface area (Å²) in [7, 11) is 0. The molecule has 3 heteroatoms. The quantitative estimate of drug-likeness (QED) is 0.636. The minimum Gasteiger partial charge on any atom is -0.459 e. The average Bonchev–Trinajstić information content (AvgIpc) is 2.27. The topological polar surface area (TPSA) is 52.3 Å². The fraction of sp³-hybridized carbons (Fsp3) is 0.214. The van der Waals surface area contributed by atoms with Gasteiger partial charge in [-0.25, -0.2) is 4.79 Å². The summed E-state index contributed by atoms with van der Waals surface area (Å²) in [5, 5.41) is 2.00. The number of esters is 1. The maximum absolute atomic E-state index is 11.7. The lowest BCUT2D eigenvalue weighted by Gasteiger charge is -2.08. The van der Waals surface area contributed by atoms with Crippen molar-refractivity contribution in [2.75, 3.05) is 5.73 Å². The molecule has 0 heterocycles. The average molecular weight is 229 g/mol. The Hall–Kier alpha value is -2.03. The third-order valence-electron chi connectivity index (χ3n) is 2.44. The molecule has 0 aliphatic heterocycles. The largest absolute Gasteiger partial charge is 0.459 e. The fourth-order valence-corrected chi connectivity index (χ4v) is 1.67. The maximum Gasteiger partial charge on any atom is 0.338 e. The van der Waals surface area contributed by atoms with Crippen LogP contribution in [0, 0.1) is 0 Å². The lowest BCUT2D eigenvalue weighted by atomic mass is 10.1. The second-order valence-electron chi connectivity index (χ2n) is 4.28. The van der Waals surface area contributed by atoms with Gasteiger partial charge in [0.1, 0.15) is 0 Å². The Morgan fingerprint density at radius 2 is 1.76 bits per heavy atom. The predicted octanol–water partition coefficient (Wildman–Crippen LogP) is 2.99. The molecule has 0 spiro atoms. The first-order chi connectivity index (χ1) is 8.06. The van der Waals surface area contributed by atoms with Gasteiger partial charge < -0.3 is 10.5 Å². The standard InChI is InChI=1S/C14H15NO2/c1-9(2)17-14(16)12-4-3-11-8-13(15)6-5-10(11)7-12/h3-9H,15H2,1-2H3. The molecule has 0 saturated carbocycles. The summed E-state index contributed by atoms with van der Waals surface area (Å²) < 4.78 is 5.15. The number of anilines is 1. The molecular weight excluding hydrogens is 214 g/mol. The first-order valence-corrected chi connectivity index (χ1v) is 5.56. The van der Waals surface area contributed by atoms with Crippen LogP contribution in [0.15, 0.2) is 36.4 Å². The Kier molecular flexibility index (Phi) is 3.00. The zero-order valence-electron chi connectivity index (χ0n) is 9.94. The zero-order chi connectivity index (χ0) is 12.4. The van der Waals surface area contributed by atoms with Gasteiger partial charge in [-0.15, -0.1) is 0 Å². The van der Waals surface area contributed by atoms with E-state index in [1.165, 1.54) is 0 Å². The molecule has 2 aromatic carbocycles. The van der Waals surface area contributed by atoms with Crippen LogP contribution >= 0.6 is 0 Å². The number of nitrogen functional groups attached to an aromatic ring is 1. The van der Waals surface area contributed by atoms with Gasteiger partial charge in [-0.2, -0.15) is 0 Å². The normalized spacial score (nSPS) is 10.8. The Bertz CT molecular complexity index is 561. The van der Waals surface area contributed by atoms with Crippen molar-refractivity contribution >= 4 is 22.4 Å². The van der Waals surface area contributed by atoms with Crippen LogP contribution in [-0.4, -0.2) is 12.1 Å². The summed E-state index contributed by atoms with van der Waals surface area (Å²) in [6.45, 7) is 3.67. The van der Waals surface area contributed by atoms with Gasteiger partial charge in [0, 0.05) is 5.69 Å². The molecule has 0 aliphatic rings. The molecule has 3 nitrogen and oxygen atoms in total. The molecule has 17 heavy (non-hydrogen) atoms. The van der Waals surface area contributed by atoms with Crippen molar-refractivity contribution in [3.8, 4) is 0 Å². The van der Waals surface area contributed by atoms with E-state index < -0.39 is 0 Å². The molecule has 0 saturated heterocycles. The van der Waals surface area contributed by atoms with E-state index in [9.17, 15) is 4.79 Å². The van der Waals surface area contributed by atoms with Gasteiger partial charge in [0.2, 0.25) is 0 Å². The van der Waals surface area contributed by atoms with Gasteiger partial charge >= 0.3 is 5.97 Å². The molecule has 0 fully saturated rings. The Morgan fingerprint density at radius 1 is 1.12 bits per heavy atom. The highest BCUT2D eigenvalue weighted by atomic mass is 16.5. The first kappa shape index (κ1) is 11.5. The Balaban J connectivity index is 2.38. The molecular formula is C14H15NO2. The molecule has 0 unspecified atom stereocenters. The van der Waals surface area contributed by atoms with Gasteiger partial charge in [0.15, 0.2) is 0 Å². The van der Waals surface area contributed by atoms with Crippen molar-refractivity contribution in [1.29, 1.82) is 0 Å². The number of hydrogen-bond donors (Lipinski definition) is 1. The van der Waals surface area contributed by atoms with Crippen LogP contribution in [0.25, 0.3) is 10.8 Å². The highest BCUT2D eigenvalue weighted by Gasteiger charge is 2.09. The van der Waals surface area contributed by atoms with E-state index in [2.05, 4.69) is 0 Å². The zero-order valence-corrected chi connectivity index (χ0v) is 9.94. The van der Waals surface area contributed by atoms with E-state index in [1.54, 1.807) is 6.07 Å². The number of rotatable bonds is 2. The van der Waals surface area contributed by atoms with Gasteiger partial charge in [-0.3, -0.25) is 0 Å². The van der Waals surface area contributed by atoms with Gasteiger partial charge in [0.05, 0.1) is 11.7 Å². The van der Waals surface area contributed by atoms with Crippen molar-refractivity contribution in [3.05, 3.63) is 42.0 Å². The molecule has 2 rings (SSSR count). The number of carbonyl (C=O) groups excluding carboxylic acids is 1. The van der Waals surface area contributed by atoms with Crippen LogP contribution in [0.3, 0.4) is 0 Å². The molecule has 2 N–H and O–H groups in total. The van der Waals surface area contributed by atoms with E-state index in [1.807, 2.05) is 44.2 Å². The lowest BCUT2D eigenvalue weighted by Crippen LogP contribution is -2.11. The van der Waals surface area contributed by atoms with Crippen molar-refractivity contribution in [2.45, 2.75) is 20.0 Å². The van der Waals surface area contributed by atoms with Gasteiger partial charge in [-0.05, 0) is 48.9 Å². The molecule has 0 aliphatic carbocycles. The van der Waals surface area contributed by atoms with Crippen molar-refractivity contribution in [3.63, 3.8) is 0 Å². The third kappa shape index (κ3) is 2.56. The van der Waals surface area contributed by atoms with Crippen LogP contribution < -0.4 is 5.73 Å². The van der Waals surface area contributed by atoms with Crippen molar-refractivity contribution in [2.24, 2.45) is 0 Å². The predicted molar refractivity (Wildman–Crippen MR) is 68.9 cm³/mol. The smallest absolute Gasteiger partial charge is 0.338 e. The minimum atomic E-state index is -0.293. The number of benzene rings is 2. The van der Waals surface area contributed by atoms with Gasteiger partial charge in [0.25, 0.3) is 0 Å².